The molecule has 2 aromatic rings. The quantitative estimate of drug-likeness (QED) is 0.550. The van der Waals surface area contributed by atoms with Gasteiger partial charge in [0.1, 0.15) is 0 Å². The number of pyridine rings is 1. The van der Waals surface area contributed by atoms with E-state index in [0.717, 1.165) is 13.1 Å². The van der Waals surface area contributed by atoms with Gasteiger partial charge < -0.3 is 14.6 Å². The van der Waals surface area contributed by atoms with E-state index in [0.29, 0.717) is 5.41 Å². The van der Waals surface area contributed by atoms with Crippen molar-refractivity contribution in [2.24, 2.45) is 5.41 Å². The Hall–Kier alpha value is -3.13. The molecule has 37 heavy (non-hydrogen) atoms. The Labute approximate surface area is 208 Å². The first-order chi connectivity index (χ1) is 17.2. The lowest BCUT2D eigenvalue weighted by atomic mass is 9.77. The number of hydrogen-bond acceptors (Lipinski definition) is 6. The summed E-state index contributed by atoms with van der Waals surface area (Å²) in [6.07, 6.45) is 1.34. The predicted octanol–water partition coefficient (Wildman–Crippen LogP) is 4.43. The summed E-state index contributed by atoms with van der Waals surface area (Å²) in [6.45, 7) is 7.00. The summed E-state index contributed by atoms with van der Waals surface area (Å²) in [5, 5.41) is 14.2. The molecule has 8 nitrogen and oxygen atoms in total. The van der Waals surface area contributed by atoms with Gasteiger partial charge in [-0.3, -0.25) is 14.8 Å². The van der Waals surface area contributed by atoms with Crippen molar-refractivity contribution in [1.82, 2.24) is 14.8 Å². The molecule has 2 aliphatic heterocycles. The van der Waals surface area contributed by atoms with Crippen LogP contribution in [0, 0.1) is 5.41 Å². The van der Waals surface area contributed by atoms with Gasteiger partial charge in [0.25, 0.3) is 0 Å². The number of rotatable bonds is 4. The molecule has 206 valence electrons. The number of carboxylic acids is 2. The molecular weight excluding hydrogens is 512 g/mol. The lowest BCUT2D eigenvalue weighted by Gasteiger charge is -2.39. The van der Waals surface area contributed by atoms with Crippen molar-refractivity contribution in [2.45, 2.75) is 44.7 Å². The van der Waals surface area contributed by atoms with Gasteiger partial charge in [0.15, 0.2) is 0 Å². The topological polar surface area (TPSA) is 107 Å². The fraction of sp³-hybridized carbons (Fsp3) is 0.522. The monoisotopic (exact) mass is 539 g/mol. The zero-order valence-corrected chi connectivity index (χ0v) is 19.6. The van der Waals surface area contributed by atoms with Gasteiger partial charge in [-0.2, -0.15) is 26.3 Å². The van der Waals surface area contributed by atoms with Crippen molar-refractivity contribution in [2.75, 3.05) is 26.2 Å². The molecule has 2 N–H and O–H groups in total. The van der Waals surface area contributed by atoms with Crippen LogP contribution in [0.1, 0.15) is 30.4 Å². The Morgan fingerprint density at radius 3 is 1.84 bits per heavy atom. The van der Waals surface area contributed by atoms with Gasteiger partial charge in [-0.15, -0.1) is 0 Å². The third kappa shape index (κ3) is 10.4. The van der Waals surface area contributed by atoms with Crippen molar-refractivity contribution in [1.29, 1.82) is 0 Å². The Kier molecular flexibility index (Phi) is 10.5. The van der Waals surface area contributed by atoms with Crippen molar-refractivity contribution in [3.05, 3.63) is 54.2 Å². The summed E-state index contributed by atoms with van der Waals surface area (Å²) in [7, 11) is 0. The van der Waals surface area contributed by atoms with Crippen molar-refractivity contribution in [3.63, 3.8) is 0 Å². The van der Waals surface area contributed by atoms with E-state index >= 15 is 0 Å². The molecule has 4 heterocycles. The number of hydrogen-bond donors (Lipinski definition) is 2. The summed E-state index contributed by atoms with van der Waals surface area (Å²) in [4.78, 5) is 27.2. The van der Waals surface area contributed by atoms with Gasteiger partial charge in [-0.25, -0.2) is 9.59 Å². The number of carbonyl (C=O) groups is 2. The highest BCUT2D eigenvalue weighted by atomic mass is 19.4. The normalized spacial score (nSPS) is 17.9. The van der Waals surface area contributed by atoms with Gasteiger partial charge in [-0.1, -0.05) is 6.07 Å². The largest absolute Gasteiger partial charge is 0.490 e. The standard InChI is InChI=1S/C19H25N3O.2C2HF3O2/c1-2-17(12-20-7-1)13-22-10-6-19(16-22)4-8-21(9-5-19)14-18-3-11-23-15-18;2*3-2(4,5)1(6)7/h1-3,7,11-12,15H,4-6,8-10,13-14,16H2;2*(H,6,7). The molecule has 0 saturated carbocycles. The van der Waals surface area contributed by atoms with Crippen LogP contribution in [-0.4, -0.2) is 75.5 Å². The number of aliphatic carboxylic acids is 2. The molecule has 0 radical (unpaired) electrons. The summed E-state index contributed by atoms with van der Waals surface area (Å²) < 4.78 is 68.7. The molecule has 2 fully saturated rings. The van der Waals surface area contributed by atoms with E-state index in [1.165, 1.54) is 56.6 Å². The zero-order valence-electron chi connectivity index (χ0n) is 19.6. The Morgan fingerprint density at radius 2 is 1.41 bits per heavy atom. The minimum Gasteiger partial charge on any atom is -0.475 e. The Bertz CT molecular complexity index is 951. The summed E-state index contributed by atoms with van der Waals surface area (Å²) in [6, 6.07) is 6.30. The lowest BCUT2D eigenvalue weighted by molar-refractivity contribution is -0.193. The second kappa shape index (κ2) is 12.9. The second-order valence-electron chi connectivity index (χ2n) is 8.84. The number of likely N-dealkylation sites (tertiary alicyclic amines) is 2. The third-order valence-electron chi connectivity index (χ3n) is 6.03. The van der Waals surface area contributed by atoms with Crippen LogP contribution in [0.4, 0.5) is 26.3 Å². The number of aromatic nitrogens is 1. The van der Waals surface area contributed by atoms with Crippen molar-refractivity contribution < 1.29 is 50.6 Å². The predicted molar refractivity (Wildman–Crippen MR) is 117 cm³/mol. The number of carboxylic acid groups (broad SMARTS) is 2. The van der Waals surface area contributed by atoms with Crippen LogP contribution in [0.15, 0.2) is 47.5 Å². The fourth-order valence-corrected chi connectivity index (χ4v) is 4.15. The fourth-order valence-electron chi connectivity index (χ4n) is 4.15. The second-order valence-corrected chi connectivity index (χ2v) is 8.84. The van der Waals surface area contributed by atoms with E-state index in [1.54, 1.807) is 6.26 Å². The smallest absolute Gasteiger partial charge is 0.475 e. The maximum atomic E-state index is 10.6. The molecule has 0 aliphatic carbocycles. The van der Waals surface area contributed by atoms with Gasteiger partial charge in [-0.05, 0) is 62.0 Å². The minimum absolute atomic E-state index is 0.551. The molecule has 1 spiro atoms. The van der Waals surface area contributed by atoms with Crippen LogP contribution in [0.25, 0.3) is 0 Å². The molecule has 2 aliphatic rings. The number of furan rings is 1. The van der Waals surface area contributed by atoms with Crippen LogP contribution in [0.5, 0.6) is 0 Å². The van der Waals surface area contributed by atoms with Gasteiger partial charge in [0.2, 0.25) is 0 Å². The number of piperidine rings is 1. The molecule has 2 aromatic heterocycles. The first-order valence-electron chi connectivity index (χ1n) is 11.2. The molecule has 0 bridgehead atoms. The highest BCUT2D eigenvalue weighted by Gasteiger charge is 2.40. The molecule has 4 rings (SSSR count). The van der Waals surface area contributed by atoms with Gasteiger partial charge in [0.05, 0.1) is 12.5 Å². The highest BCUT2D eigenvalue weighted by Crippen LogP contribution is 2.41. The maximum absolute atomic E-state index is 10.6. The van der Waals surface area contributed by atoms with Crippen LogP contribution in [-0.2, 0) is 22.7 Å². The maximum Gasteiger partial charge on any atom is 0.490 e. The molecule has 14 heteroatoms. The number of nitrogens with zero attached hydrogens (tertiary/aromatic N) is 3. The number of alkyl halides is 6. The van der Waals surface area contributed by atoms with Crippen molar-refractivity contribution >= 4 is 11.9 Å². The zero-order chi connectivity index (χ0) is 27.7. The molecule has 0 atom stereocenters. The highest BCUT2D eigenvalue weighted by molar-refractivity contribution is 5.73. The van der Waals surface area contributed by atoms with E-state index in [2.05, 4.69) is 26.9 Å². The van der Waals surface area contributed by atoms with Gasteiger partial charge >= 0.3 is 24.3 Å². The van der Waals surface area contributed by atoms with E-state index in [1.807, 2.05) is 24.7 Å². The first-order valence-corrected chi connectivity index (χ1v) is 11.2. The minimum atomic E-state index is -5.08. The van der Waals surface area contributed by atoms with Crippen molar-refractivity contribution in [3.8, 4) is 0 Å². The summed E-state index contributed by atoms with van der Waals surface area (Å²) in [5.74, 6) is -5.51. The Morgan fingerprint density at radius 1 is 0.892 bits per heavy atom. The summed E-state index contributed by atoms with van der Waals surface area (Å²) in [5.41, 5.74) is 3.18. The van der Waals surface area contributed by atoms with Crippen LogP contribution in [0.3, 0.4) is 0 Å². The van der Waals surface area contributed by atoms with Crippen LogP contribution < -0.4 is 0 Å². The molecule has 2 saturated heterocycles. The van der Waals surface area contributed by atoms with E-state index in [9.17, 15) is 26.3 Å². The lowest BCUT2D eigenvalue weighted by Crippen LogP contribution is -2.41. The first kappa shape index (κ1) is 30.1. The van der Waals surface area contributed by atoms with E-state index in [4.69, 9.17) is 24.2 Å². The van der Waals surface area contributed by atoms with E-state index < -0.39 is 24.3 Å². The Balaban J connectivity index is 0.000000286. The van der Waals surface area contributed by atoms with Crippen LogP contribution >= 0.6 is 0 Å². The average Bonchev–Trinajstić information content (AvgIpc) is 3.46. The summed E-state index contributed by atoms with van der Waals surface area (Å²) >= 11 is 0. The van der Waals surface area contributed by atoms with E-state index in [-0.39, 0.29) is 0 Å². The number of halogens is 6. The molecule has 0 unspecified atom stereocenters. The third-order valence-corrected chi connectivity index (χ3v) is 6.03. The van der Waals surface area contributed by atoms with Crippen LogP contribution in [0.2, 0.25) is 0 Å². The SMILES string of the molecule is O=C(O)C(F)(F)F.O=C(O)C(F)(F)F.c1cncc(CN2CCC3(CCN(Cc4ccoc4)CC3)C2)c1. The average molecular weight is 539 g/mol. The molecule has 0 aromatic carbocycles. The molecule has 0 amide bonds. The van der Waals surface area contributed by atoms with Gasteiger partial charge in [0, 0.05) is 37.6 Å². The molecular formula is C23H27F6N3O5.